The van der Waals surface area contributed by atoms with E-state index in [0.717, 1.165) is 5.56 Å². The molecule has 1 heterocycles. The molecule has 4 rings (SSSR count). The zero-order valence-corrected chi connectivity index (χ0v) is 21.0. The van der Waals surface area contributed by atoms with Crippen LogP contribution in [0, 0.1) is 6.92 Å². The highest BCUT2D eigenvalue weighted by Gasteiger charge is 2.26. The Morgan fingerprint density at radius 1 is 0.811 bits per heavy atom. The van der Waals surface area contributed by atoms with Crippen molar-refractivity contribution in [3.05, 3.63) is 82.5 Å². The molecule has 0 radical (unpaired) electrons. The van der Waals surface area contributed by atoms with Gasteiger partial charge in [0.1, 0.15) is 0 Å². The number of rotatable bonds is 8. The lowest BCUT2D eigenvalue weighted by atomic mass is 10.1. The number of benzene rings is 3. The fraction of sp³-hybridized carbons (Fsp3) is 0.179. The number of carbonyl (C=O) groups is 2. The van der Waals surface area contributed by atoms with Crippen LogP contribution in [0.3, 0.4) is 0 Å². The molecule has 0 fully saturated rings. The maximum atomic E-state index is 12.5. The molecular formula is C28H25NO8. The molecule has 0 atom stereocenters. The maximum absolute atomic E-state index is 12.5. The van der Waals surface area contributed by atoms with Crippen molar-refractivity contribution < 1.29 is 38.0 Å². The molecule has 9 nitrogen and oxygen atoms in total. The van der Waals surface area contributed by atoms with Crippen molar-refractivity contribution in [1.82, 2.24) is 0 Å². The first-order valence-electron chi connectivity index (χ1n) is 11.2. The zero-order valence-electron chi connectivity index (χ0n) is 21.0. The number of methoxy groups -OCH3 is 4. The van der Waals surface area contributed by atoms with Gasteiger partial charge in [0.15, 0.2) is 28.7 Å². The van der Waals surface area contributed by atoms with Gasteiger partial charge in [-0.3, -0.25) is 0 Å². The SMILES string of the molecule is COc1cc(/C=C2\N=C(c3cc(OC)c(OC)c(OC)c3)OC2=O)ccc1OC(=O)c1ccc(C)cc1. The van der Waals surface area contributed by atoms with E-state index in [2.05, 4.69) is 4.99 Å². The molecule has 0 amide bonds. The van der Waals surface area contributed by atoms with E-state index >= 15 is 0 Å². The van der Waals surface area contributed by atoms with Crippen LogP contribution in [0.1, 0.15) is 27.0 Å². The smallest absolute Gasteiger partial charge is 0.363 e. The van der Waals surface area contributed by atoms with Gasteiger partial charge in [-0.05, 0) is 55.0 Å². The summed E-state index contributed by atoms with van der Waals surface area (Å²) in [5.41, 5.74) is 2.60. The molecule has 3 aromatic rings. The number of cyclic esters (lactones) is 1. The second-order valence-electron chi connectivity index (χ2n) is 7.92. The summed E-state index contributed by atoms with van der Waals surface area (Å²) in [5.74, 6) is 0.708. The third kappa shape index (κ3) is 5.40. The van der Waals surface area contributed by atoms with Gasteiger partial charge in [0.05, 0.1) is 34.0 Å². The molecule has 0 bridgehead atoms. The highest BCUT2D eigenvalue weighted by Crippen LogP contribution is 2.39. The minimum Gasteiger partial charge on any atom is -0.493 e. The van der Waals surface area contributed by atoms with Crippen molar-refractivity contribution in [1.29, 1.82) is 0 Å². The summed E-state index contributed by atoms with van der Waals surface area (Å²) < 4.78 is 32.3. The van der Waals surface area contributed by atoms with Crippen LogP contribution in [-0.4, -0.2) is 46.3 Å². The second kappa shape index (κ2) is 10.9. The molecule has 0 aliphatic carbocycles. The van der Waals surface area contributed by atoms with E-state index in [1.807, 2.05) is 19.1 Å². The lowest BCUT2D eigenvalue weighted by Gasteiger charge is -2.13. The molecule has 0 spiro atoms. The van der Waals surface area contributed by atoms with E-state index in [9.17, 15) is 9.59 Å². The van der Waals surface area contributed by atoms with Gasteiger partial charge in [0.2, 0.25) is 11.6 Å². The lowest BCUT2D eigenvalue weighted by Crippen LogP contribution is -2.09. The summed E-state index contributed by atoms with van der Waals surface area (Å²) >= 11 is 0. The number of hydrogen-bond acceptors (Lipinski definition) is 9. The predicted octanol–water partition coefficient (Wildman–Crippen LogP) is 4.59. The summed E-state index contributed by atoms with van der Waals surface area (Å²) in [5, 5.41) is 0. The molecule has 190 valence electrons. The average molecular weight is 504 g/mol. The van der Waals surface area contributed by atoms with Gasteiger partial charge in [0.25, 0.3) is 0 Å². The Kier molecular flexibility index (Phi) is 7.43. The molecular weight excluding hydrogens is 478 g/mol. The van der Waals surface area contributed by atoms with Crippen molar-refractivity contribution >= 4 is 23.9 Å². The van der Waals surface area contributed by atoms with E-state index in [4.69, 9.17) is 28.4 Å². The highest BCUT2D eigenvalue weighted by atomic mass is 16.6. The zero-order chi connectivity index (χ0) is 26.5. The van der Waals surface area contributed by atoms with Crippen molar-refractivity contribution in [3.63, 3.8) is 0 Å². The van der Waals surface area contributed by atoms with Gasteiger partial charge in [-0.25, -0.2) is 14.6 Å². The Labute approximate surface area is 213 Å². The van der Waals surface area contributed by atoms with Gasteiger partial charge < -0.3 is 28.4 Å². The van der Waals surface area contributed by atoms with Gasteiger partial charge in [-0.15, -0.1) is 0 Å². The number of nitrogens with zero attached hydrogens (tertiary/aromatic N) is 1. The van der Waals surface area contributed by atoms with E-state index < -0.39 is 11.9 Å². The standard InChI is InChI=1S/C28H25NO8/c1-16-6-9-18(10-7-16)27(30)36-21-11-8-17(13-22(21)32-2)12-20-28(31)37-26(29-20)19-14-23(33-3)25(35-5)24(15-19)34-4/h6-15H,1-5H3/b20-12-. The van der Waals surface area contributed by atoms with E-state index in [1.165, 1.54) is 28.4 Å². The maximum Gasteiger partial charge on any atom is 0.363 e. The van der Waals surface area contributed by atoms with Crippen molar-refractivity contribution in [3.8, 4) is 28.7 Å². The first kappa shape index (κ1) is 25.3. The number of ether oxygens (including phenoxy) is 6. The first-order chi connectivity index (χ1) is 17.9. The molecule has 0 N–H and O–H groups in total. The topological polar surface area (TPSA) is 102 Å². The molecule has 0 aromatic heterocycles. The monoisotopic (exact) mass is 503 g/mol. The normalized spacial score (nSPS) is 13.6. The molecule has 37 heavy (non-hydrogen) atoms. The highest BCUT2D eigenvalue weighted by molar-refractivity contribution is 6.13. The van der Waals surface area contributed by atoms with Gasteiger partial charge in [0, 0.05) is 5.56 Å². The van der Waals surface area contributed by atoms with Crippen LogP contribution in [0.15, 0.2) is 65.3 Å². The van der Waals surface area contributed by atoms with Crippen LogP contribution in [0.4, 0.5) is 0 Å². The number of hydrogen-bond donors (Lipinski definition) is 0. The van der Waals surface area contributed by atoms with Crippen LogP contribution in [0.5, 0.6) is 28.7 Å². The van der Waals surface area contributed by atoms with Crippen LogP contribution >= 0.6 is 0 Å². The number of carbonyl (C=O) groups excluding carboxylic acids is 2. The summed E-state index contributed by atoms with van der Waals surface area (Å²) in [6, 6.07) is 15.2. The minimum absolute atomic E-state index is 0.0789. The fourth-order valence-electron chi connectivity index (χ4n) is 3.60. The summed E-state index contributed by atoms with van der Waals surface area (Å²) in [4.78, 5) is 29.4. The molecule has 0 unspecified atom stereocenters. The quantitative estimate of drug-likeness (QED) is 0.250. The molecule has 1 aliphatic rings. The van der Waals surface area contributed by atoms with Gasteiger partial charge >= 0.3 is 11.9 Å². The average Bonchev–Trinajstić information content (AvgIpc) is 3.28. The molecule has 0 saturated carbocycles. The van der Waals surface area contributed by atoms with E-state index in [0.29, 0.717) is 39.7 Å². The van der Waals surface area contributed by atoms with Crippen LogP contribution in [0.2, 0.25) is 0 Å². The van der Waals surface area contributed by atoms with Gasteiger partial charge in [-0.2, -0.15) is 0 Å². The number of aryl methyl sites for hydroxylation is 1. The molecule has 1 aliphatic heterocycles. The predicted molar refractivity (Wildman–Crippen MR) is 136 cm³/mol. The van der Waals surface area contributed by atoms with Crippen molar-refractivity contribution in [2.45, 2.75) is 6.92 Å². The van der Waals surface area contributed by atoms with E-state index in [-0.39, 0.29) is 17.3 Å². The Hall–Kier alpha value is -4.79. The minimum atomic E-state index is -0.627. The molecule has 9 heteroatoms. The summed E-state index contributed by atoms with van der Waals surface area (Å²) in [7, 11) is 5.94. The Balaban J connectivity index is 1.60. The summed E-state index contributed by atoms with van der Waals surface area (Å²) in [6.07, 6.45) is 1.54. The number of esters is 2. The fourth-order valence-corrected chi connectivity index (χ4v) is 3.60. The Bertz CT molecular complexity index is 1380. The largest absolute Gasteiger partial charge is 0.493 e. The third-order valence-electron chi connectivity index (χ3n) is 5.51. The first-order valence-corrected chi connectivity index (χ1v) is 11.2. The van der Waals surface area contributed by atoms with Crippen LogP contribution in [0.25, 0.3) is 6.08 Å². The van der Waals surface area contributed by atoms with Crippen LogP contribution in [-0.2, 0) is 9.53 Å². The molecule has 0 saturated heterocycles. The van der Waals surface area contributed by atoms with Crippen LogP contribution < -0.4 is 23.7 Å². The van der Waals surface area contributed by atoms with Crippen molar-refractivity contribution in [2.75, 3.05) is 28.4 Å². The lowest BCUT2D eigenvalue weighted by molar-refractivity contribution is -0.129. The van der Waals surface area contributed by atoms with Crippen molar-refractivity contribution in [2.24, 2.45) is 4.99 Å². The second-order valence-corrected chi connectivity index (χ2v) is 7.92. The Morgan fingerprint density at radius 3 is 2.05 bits per heavy atom. The number of aliphatic imine (C=N–C) groups is 1. The Morgan fingerprint density at radius 2 is 1.46 bits per heavy atom. The molecule has 3 aromatic carbocycles. The third-order valence-corrected chi connectivity index (χ3v) is 5.51. The van der Waals surface area contributed by atoms with Gasteiger partial charge in [-0.1, -0.05) is 23.8 Å². The van der Waals surface area contributed by atoms with E-state index in [1.54, 1.807) is 48.5 Å². The summed E-state index contributed by atoms with van der Waals surface area (Å²) in [6.45, 7) is 1.93.